The average Bonchev–Trinajstić information content (AvgIpc) is 3.20. The lowest BCUT2D eigenvalue weighted by Crippen LogP contribution is -2.52. The van der Waals surface area contributed by atoms with E-state index < -0.39 is 11.9 Å². The van der Waals surface area contributed by atoms with Crippen LogP contribution in [0.15, 0.2) is 24.3 Å². The Morgan fingerprint density at radius 3 is 2.65 bits per heavy atom. The molecule has 4 rings (SSSR count). The minimum atomic E-state index is -0.663. The molecule has 0 spiro atoms. The summed E-state index contributed by atoms with van der Waals surface area (Å²) in [5.41, 5.74) is 1.54. The number of benzene rings is 1. The second-order valence-electron chi connectivity index (χ2n) is 8.79. The van der Waals surface area contributed by atoms with Crippen molar-refractivity contribution in [3.63, 3.8) is 0 Å². The normalized spacial score (nSPS) is 25.5. The number of imide groups is 1. The minimum absolute atomic E-state index is 0.242. The molecule has 0 saturated carbocycles. The number of piperidine rings is 1. The van der Waals surface area contributed by atoms with Gasteiger partial charge in [-0.05, 0) is 49.9 Å². The van der Waals surface area contributed by atoms with E-state index in [0.29, 0.717) is 17.9 Å². The first kappa shape index (κ1) is 21.7. The summed E-state index contributed by atoms with van der Waals surface area (Å²) in [6, 6.07) is 6.87. The van der Waals surface area contributed by atoms with Crippen molar-refractivity contribution in [2.45, 2.75) is 31.7 Å². The van der Waals surface area contributed by atoms with Gasteiger partial charge in [-0.1, -0.05) is 6.07 Å². The van der Waals surface area contributed by atoms with Crippen LogP contribution >= 0.6 is 0 Å². The van der Waals surface area contributed by atoms with Crippen LogP contribution in [0.2, 0.25) is 0 Å². The van der Waals surface area contributed by atoms with Crippen molar-refractivity contribution in [1.29, 1.82) is 0 Å². The molecule has 0 radical (unpaired) electrons. The van der Waals surface area contributed by atoms with Crippen LogP contribution in [0.25, 0.3) is 0 Å². The summed E-state index contributed by atoms with van der Waals surface area (Å²) in [7, 11) is 0. The fourth-order valence-electron chi connectivity index (χ4n) is 4.61. The molecule has 3 saturated heterocycles. The van der Waals surface area contributed by atoms with E-state index in [0.717, 1.165) is 51.5 Å². The third-order valence-corrected chi connectivity index (χ3v) is 6.56. The van der Waals surface area contributed by atoms with Gasteiger partial charge < -0.3 is 10.2 Å². The first-order chi connectivity index (χ1) is 15.0. The molecule has 3 aliphatic rings. The topological polar surface area (TPSA) is 111 Å². The molecule has 1 aromatic carbocycles. The van der Waals surface area contributed by atoms with Crippen molar-refractivity contribution in [3.8, 4) is 0 Å². The predicted octanol–water partition coefficient (Wildman–Crippen LogP) is -0.0707. The second kappa shape index (κ2) is 9.76. The van der Waals surface area contributed by atoms with Crippen LogP contribution in [0.1, 0.15) is 36.0 Å². The Morgan fingerprint density at radius 1 is 1.13 bits per heavy atom. The van der Waals surface area contributed by atoms with Crippen molar-refractivity contribution in [1.82, 2.24) is 20.5 Å². The number of amides is 3. The first-order valence-electron chi connectivity index (χ1n) is 11.2. The Labute approximate surface area is 182 Å². The van der Waals surface area contributed by atoms with Crippen LogP contribution in [-0.2, 0) is 9.59 Å². The van der Waals surface area contributed by atoms with Crippen LogP contribution in [0.3, 0.4) is 0 Å². The molecule has 168 valence electrons. The molecule has 9 heteroatoms. The quantitative estimate of drug-likeness (QED) is 0.430. The SMILES string of the molecule is NN1CCC(CCN2CCN(c3cccc(C(=O)NC4CCC(=O)NC4=O)c3)CC2)C1. The lowest BCUT2D eigenvalue weighted by Gasteiger charge is -2.36. The minimum Gasteiger partial charge on any atom is -0.369 e. The Bertz CT molecular complexity index is 823. The Kier molecular flexibility index (Phi) is 6.84. The van der Waals surface area contributed by atoms with Crippen molar-refractivity contribution in [2.75, 3.05) is 50.7 Å². The monoisotopic (exact) mass is 428 g/mol. The van der Waals surface area contributed by atoms with Gasteiger partial charge in [0.1, 0.15) is 6.04 Å². The molecule has 1 aromatic rings. The smallest absolute Gasteiger partial charge is 0.252 e. The van der Waals surface area contributed by atoms with E-state index in [2.05, 4.69) is 20.4 Å². The number of anilines is 1. The maximum Gasteiger partial charge on any atom is 0.252 e. The van der Waals surface area contributed by atoms with Gasteiger partial charge in [-0.15, -0.1) is 0 Å². The van der Waals surface area contributed by atoms with Crippen molar-refractivity contribution in [2.24, 2.45) is 11.8 Å². The Hall–Kier alpha value is -2.49. The number of rotatable bonds is 6. The summed E-state index contributed by atoms with van der Waals surface area (Å²) in [5, 5.41) is 6.94. The molecule has 0 aliphatic carbocycles. The first-order valence-corrected chi connectivity index (χ1v) is 11.2. The van der Waals surface area contributed by atoms with Gasteiger partial charge in [0.2, 0.25) is 11.8 Å². The molecule has 31 heavy (non-hydrogen) atoms. The highest BCUT2D eigenvalue weighted by atomic mass is 16.2. The number of nitrogens with one attached hydrogen (secondary N) is 2. The van der Waals surface area contributed by atoms with Gasteiger partial charge in [-0.25, -0.2) is 5.01 Å². The van der Waals surface area contributed by atoms with Crippen molar-refractivity contribution in [3.05, 3.63) is 29.8 Å². The predicted molar refractivity (Wildman–Crippen MR) is 117 cm³/mol. The van der Waals surface area contributed by atoms with Crippen LogP contribution in [0, 0.1) is 5.92 Å². The summed E-state index contributed by atoms with van der Waals surface area (Å²) < 4.78 is 0. The third-order valence-electron chi connectivity index (χ3n) is 6.56. The number of carbonyl (C=O) groups is 3. The second-order valence-corrected chi connectivity index (χ2v) is 8.79. The largest absolute Gasteiger partial charge is 0.369 e. The van der Waals surface area contributed by atoms with Gasteiger partial charge in [0.25, 0.3) is 5.91 Å². The highest BCUT2D eigenvalue weighted by Crippen LogP contribution is 2.21. The number of nitrogens with zero attached hydrogens (tertiary/aromatic N) is 3. The molecule has 9 nitrogen and oxygen atoms in total. The molecule has 3 heterocycles. The zero-order chi connectivity index (χ0) is 21.8. The molecule has 4 N–H and O–H groups in total. The standard InChI is InChI=1S/C22H32N6O3/c23-28-9-7-16(15-28)6-8-26-10-12-27(13-11-26)18-3-1-2-17(14-18)21(30)24-19-4-5-20(29)25-22(19)31/h1-3,14,16,19H,4-13,15,23H2,(H,24,30)(H,25,29,31). The number of hydrogen-bond acceptors (Lipinski definition) is 7. The molecule has 0 bridgehead atoms. The van der Waals surface area contributed by atoms with E-state index in [1.54, 1.807) is 6.07 Å². The zero-order valence-corrected chi connectivity index (χ0v) is 17.9. The summed E-state index contributed by atoms with van der Waals surface area (Å²) >= 11 is 0. The molecule has 3 amide bonds. The van der Waals surface area contributed by atoms with E-state index in [-0.39, 0.29) is 18.2 Å². The van der Waals surface area contributed by atoms with Crippen LogP contribution in [0.5, 0.6) is 0 Å². The van der Waals surface area contributed by atoms with E-state index >= 15 is 0 Å². The summed E-state index contributed by atoms with van der Waals surface area (Å²) in [4.78, 5) is 40.6. The number of hydrazine groups is 1. The van der Waals surface area contributed by atoms with Crippen LogP contribution < -0.4 is 21.4 Å². The molecule has 2 unspecified atom stereocenters. The molecule has 3 fully saturated rings. The maximum absolute atomic E-state index is 12.6. The summed E-state index contributed by atoms with van der Waals surface area (Å²) in [6.07, 6.45) is 2.97. The number of piperazine rings is 1. The molecular weight excluding hydrogens is 396 g/mol. The summed E-state index contributed by atoms with van der Waals surface area (Å²) in [6.45, 7) is 6.98. The number of hydrogen-bond donors (Lipinski definition) is 3. The molecular formula is C22H32N6O3. The van der Waals surface area contributed by atoms with Gasteiger partial charge in [0, 0.05) is 56.9 Å². The van der Waals surface area contributed by atoms with E-state index in [1.165, 1.54) is 12.8 Å². The van der Waals surface area contributed by atoms with Crippen molar-refractivity contribution >= 4 is 23.4 Å². The van der Waals surface area contributed by atoms with Crippen LogP contribution in [-0.4, -0.2) is 79.5 Å². The maximum atomic E-state index is 12.6. The van der Waals surface area contributed by atoms with E-state index in [4.69, 9.17) is 5.84 Å². The Morgan fingerprint density at radius 2 is 1.94 bits per heavy atom. The van der Waals surface area contributed by atoms with E-state index in [1.807, 2.05) is 23.2 Å². The van der Waals surface area contributed by atoms with Gasteiger partial charge in [0.05, 0.1) is 0 Å². The number of nitrogens with two attached hydrogens (primary N) is 1. The van der Waals surface area contributed by atoms with Gasteiger partial charge >= 0.3 is 0 Å². The molecule has 0 aromatic heterocycles. The van der Waals surface area contributed by atoms with Crippen molar-refractivity contribution < 1.29 is 14.4 Å². The molecule has 2 atom stereocenters. The fraction of sp³-hybridized carbons (Fsp3) is 0.591. The third kappa shape index (κ3) is 5.61. The zero-order valence-electron chi connectivity index (χ0n) is 17.9. The lowest BCUT2D eigenvalue weighted by molar-refractivity contribution is -0.134. The number of carbonyl (C=O) groups excluding carboxylic acids is 3. The summed E-state index contributed by atoms with van der Waals surface area (Å²) in [5.74, 6) is 5.56. The molecule has 3 aliphatic heterocycles. The van der Waals surface area contributed by atoms with Gasteiger partial charge in [-0.2, -0.15) is 0 Å². The van der Waals surface area contributed by atoms with Gasteiger partial charge in [0.15, 0.2) is 0 Å². The average molecular weight is 429 g/mol. The highest BCUT2D eigenvalue weighted by Gasteiger charge is 2.28. The van der Waals surface area contributed by atoms with E-state index in [9.17, 15) is 14.4 Å². The lowest BCUT2D eigenvalue weighted by atomic mass is 10.0. The van der Waals surface area contributed by atoms with Gasteiger partial charge in [-0.3, -0.25) is 30.4 Å². The highest BCUT2D eigenvalue weighted by molar-refractivity contribution is 6.04. The fourth-order valence-corrected chi connectivity index (χ4v) is 4.61. The van der Waals surface area contributed by atoms with Crippen LogP contribution in [0.4, 0.5) is 5.69 Å². The Balaban J connectivity index is 1.27.